The molecule has 1 unspecified atom stereocenters. The lowest BCUT2D eigenvalue weighted by Gasteiger charge is -2.18. The number of rotatable bonds is 27. The third-order valence-electron chi connectivity index (χ3n) is 7.63. The highest BCUT2D eigenvalue weighted by molar-refractivity contribution is 5.71. The number of unbranched alkanes of at least 4 members (excludes halogenated alkanes) is 12. The van der Waals surface area contributed by atoms with E-state index in [1.54, 1.807) is 12.3 Å². The lowest BCUT2D eigenvalue weighted by molar-refractivity contribution is -0.465. The van der Waals surface area contributed by atoms with Crippen molar-refractivity contribution in [3.05, 3.63) is 45.7 Å². The molecule has 0 aromatic heterocycles. The average molecular weight is 651 g/mol. The van der Waals surface area contributed by atoms with Crippen molar-refractivity contribution >= 4 is 17.9 Å². The monoisotopic (exact) mass is 650 g/mol. The fourth-order valence-electron chi connectivity index (χ4n) is 4.97. The Hall–Kier alpha value is -3.61. The molecular formula is C33H54N4O9. The fourth-order valence-corrected chi connectivity index (χ4v) is 4.97. The number of hydrogen-bond acceptors (Lipinski definition) is 12. The number of fused-ring (bicyclic) bond motifs is 1. The van der Waals surface area contributed by atoms with E-state index in [1.165, 1.54) is 6.08 Å². The third kappa shape index (κ3) is 16.1. The van der Waals surface area contributed by atoms with Gasteiger partial charge in [-0.05, 0) is 41.7 Å². The summed E-state index contributed by atoms with van der Waals surface area (Å²) in [7, 11) is 0. The van der Waals surface area contributed by atoms with Gasteiger partial charge in [-0.3, -0.25) is 14.4 Å². The molecule has 0 saturated carbocycles. The zero-order chi connectivity index (χ0) is 33.4. The van der Waals surface area contributed by atoms with E-state index in [4.69, 9.17) is 19.1 Å². The maximum absolute atomic E-state index is 12.3. The molecule has 46 heavy (non-hydrogen) atoms. The number of nitro groups is 1. The highest BCUT2D eigenvalue weighted by Crippen LogP contribution is 2.26. The van der Waals surface area contributed by atoms with Crippen LogP contribution in [0.2, 0.25) is 0 Å². The maximum atomic E-state index is 12.3. The predicted molar refractivity (Wildman–Crippen MR) is 172 cm³/mol. The Labute approximate surface area is 273 Å². The first-order valence-electron chi connectivity index (χ1n) is 17.1. The summed E-state index contributed by atoms with van der Waals surface area (Å²) in [6.45, 7) is 4.65. The molecule has 0 aromatic rings. The second-order valence-corrected chi connectivity index (χ2v) is 11.6. The zero-order valence-electron chi connectivity index (χ0n) is 27.7. The largest absolute Gasteiger partial charge is 0.462 e. The molecule has 0 amide bonds. The molecular weight excluding hydrogens is 596 g/mol. The predicted octanol–water partition coefficient (Wildman–Crippen LogP) is 6.24. The van der Waals surface area contributed by atoms with Gasteiger partial charge in [0.2, 0.25) is 5.70 Å². The van der Waals surface area contributed by atoms with Crippen molar-refractivity contribution in [2.24, 2.45) is 0 Å². The molecule has 2 aliphatic heterocycles. The number of esters is 3. The van der Waals surface area contributed by atoms with Crippen LogP contribution < -0.4 is 10.8 Å². The Bertz CT molecular complexity index is 1040. The van der Waals surface area contributed by atoms with Crippen LogP contribution in [0.3, 0.4) is 0 Å². The van der Waals surface area contributed by atoms with Gasteiger partial charge in [0, 0.05) is 31.9 Å². The minimum absolute atomic E-state index is 0.110. The summed E-state index contributed by atoms with van der Waals surface area (Å²) < 4.78 is 16.1. The summed E-state index contributed by atoms with van der Waals surface area (Å²) in [6, 6.07) is 0. The lowest BCUT2D eigenvalue weighted by atomic mass is 10.1. The number of nitrogens with one attached hydrogen (secondary N) is 2. The molecule has 0 spiro atoms. The zero-order valence-corrected chi connectivity index (χ0v) is 27.7. The van der Waals surface area contributed by atoms with Gasteiger partial charge in [0.15, 0.2) is 6.10 Å². The first-order chi connectivity index (χ1) is 22.3. The number of carbonyl (C=O) groups excluding carboxylic acids is 3. The second-order valence-electron chi connectivity index (χ2n) is 11.6. The van der Waals surface area contributed by atoms with Crippen LogP contribution in [-0.4, -0.2) is 53.8 Å². The molecule has 2 heterocycles. The lowest BCUT2D eigenvalue weighted by Crippen LogP contribution is -2.31. The first-order valence-corrected chi connectivity index (χ1v) is 17.1. The molecule has 0 aliphatic carbocycles. The van der Waals surface area contributed by atoms with E-state index in [0.29, 0.717) is 18.5 Å². The van der Waals surface area contributed by atoms with Crippen LogP contribution in [-0.2, 0) is 33.5 Å². The van der Waals surface area contributed by atoms with Gasteiger partial charge in [-0.1, -0.05) is 89.4 Å². The fraction of sp³-hybridized carbons (Fsp3) is 0.727. The summed E-state index contributed by atoms with van der Waals surface area (Å²) >= 11 is 0. The number of hydrogen-bond donors (Lipinski definition) is 2. The second kappa shape index (κ2) is 23.7. The molecule has 1 atom stereocenters. The van der Waals surface area contributed by atoms with Crippen LogP contribution in [0.25, 0.3) is 0 Å². The van der Waals surface area contributed by atoms with Gasteiger partial charge in [0.05, 0.1) is 11.9 Å². The number of allylic oxidation sites excluding steroid dienone is 2. The van der Waals surface area contributed by atoms with E-state index < -0.39 is 11.0 Å². The van der Waals surface area contributed by atoms with Crippen LogP contribution in [0.5, 0.6) is 0 Å². The van der Waals surface area contributed by atoms with Gasteiger partial charge in [-0.15, -0.1) is 0 Å². The van der Waals surface area contributed by atoms with E-state index in [9.17, 15) is 24.5 Å². The van der Waals surface area contributed by atoms with Gasteiger partial charge >= 0.3 is 23.7 Å². The molecule has 0 radical (unpaired) electrons. The highest BCUT2D eigenvalue weighted by atomic mass is 16.8. The van der Waals surface area contributed by atoms with Crippen molar-refractivity contribution < 1.29 is 38.5 Å². The van der Waals surface area contributed by atoms with E-state index in [0.717, 1.165) is 114 Å². The van der Waals surface area contributed by atoms with Gasteiger partial charge in [-0.2, -0.15) is 0 Å². The highest BCUT2D eigenvalue weighted by Gasteiger charge is 2.37. The van der Waals surface area contributed by atoms with Crippen LogP contribution in [0.1, 0.15) is 129 Å². The van der Waals surface area contributed by atoms with Gasteiger partial charge in [-0.25, -0.2) is 5.48 Å². The summed E-state index contributed by atoms with van der Waals surface area (Å²) in [4.78, 5) is 52.2. The molecule has 2 rings (SSSR count). The van der Waals surface area contributed by atoms with Gasteiger partial charge in [0.25, 0.3) is 0 Å². The summed E-state index contributed by atoms with van der Waals surface area (Å²) in [5, 5.41) is 15.6. The van der Waals surface area contributed by atoms with Crippen molar-refractivity contribution in [3.8, 4) is 0 Å². The van der Waals surface area contributed by atoms with Crippen LogP contribution in [0.15, 0.2) is 35.6 Å². The summed E-state index contributed by atoms with van der Waals surface area (Å²) in [5.74, 6) is -1.19. The van der Waals surface area contributed by atoms with Crippen LogP contribution in [0.4, 0.5) is 0 Å². The summed E-state index contributed by atoms with van der Waals surface area (Å²) in [6.07, 6.45) is 19.5. The van der Waals surface area contributed by atoms with Gasteiger partial charge < -0.3 is 29.6 Å². The molecule has 0 saturated heterocycles. The molecule has 13 heteroatoms. The minimum Gasteiger partial charge on any atom is -0.462 e. The molecule has 0 bridgehead atoms. The minimum atomic E-state index is -0.795. The quantitative estimate of drug-likeness (QED) is 0.0339. The Balaban J connectivity index is 1.51. The molecule has 2 aliphatic rings. The van der Waals surface area contributed by atoms with E-state index in [1.807, 2.05) is 0 Å². The normalized spacial score (nSPS) is 14.3. The first kappa shape index (κ1) is 38.6. The Morgan fingerprint density at radius 2 is 1.33 bits per heavy atom. The maximum Gasteiger partial charge on any atom is 0.355 e. The van der Waals surface area contributed by atoms with Crippen molar-refractivity contribution in [2.75, 3.05) is 19.8 Å². The van der Waals surface area contributed by atoms with Crippen molar-refractivity contribution in [3.63, 3.8) is 0 Å². The molecule has 13 nitrogen and oxygen atoms in total. The Morgan fingerprint density at radius 3 is 1.89 bits per heavy atom. The van der Waals surface area contributed by atoms with E-state index >= 15 is 0 Å². The molecule has 0 fully saturated rings. The number of nitrogens with zero attached hydrogens (tertiary/aromatic N) is 2. The molecule has 260 valence electrons. The SMILES string of the molecule is CCCCCC(=O)OCC(COC(=O)CCCCCCCCCCCNC1=CC=C([N+](=O)[O-])N2ONC=C12)OC(=O)CCCCC. The van der Waals surface area contributed by atoms with Crippen LogP contribution in [0, 0.1) is 10.1 Å². The summed E-state index contributed by atoms with van der Waals surface area (Å²) in [5.41, 5.74) is 3.91. The standard InChI is InChI=1S/C33H54N4O9/c1-3-5-14-18-31(38)43-25-27(45-33(40)20-15-6-4-2)26-44-32(39)19-16-12-10-8-7-9-11-13-17-23-34-28-21-22-30(37(41)42)36-29(28)24-35-46-36/h21-22,24,27,34-35H,3-20,23,25-26H2,1-2H3. The van der Waals surface area contributed by atoms with Crippen molar-refractivity contribution in [1.82, 2.24) is 15.9 Å². The number of ether oxygens (including phenoxy) is 3. The van der Waals surface area contributed by atoms with Crippen molar-refractivity contribution in [1.29, 1.82) is 0 Å². The molecule has 0 aromatic carbocycles. The Morgan fingerprint density at radius 1 is 0.804 bits per heavy atom. The van der Waals surface area contributed by atoms with Gasteiger partial charge in [0.1, 0.15) is 13.2 Å². The van der Waals surface area contributed by atoms with E-state index in [-0.39, 0.29) is 43.4 Å². The Kier molecular flexibility index (Phi) is 19.9. The molecule has 2 N–H and O–H groups in total. The third-order valence-corrected chi connectivity index (χ3v) is 7.63. The number of hydroxylamine groups is 3. The van der Waals surface area contributed by atoms with Crippen LogP contribution >= 0.6 is 0 Å². The smallest absolute Gasteiger partial charge is 0.355 e. The average Bonchev–Trinajstić information content (AvgIpc) is 3.53. The topological polar surface area (TPSA) is 159 Å². The number of carbonyl (C=O) groups is 3. The van der Waals surface area contributed by atoms with E-state index in [2.05, 4.69) is 24.6 Å². The van der Waals surface area contributed by atoms with Crippen molar-refractivity contribution in [2.45, 2.75) is 136 Å².